The first kappa shape index (κ1) is 20.6. The smallest absolute Gasteiger partial charge is 0.194 e. The first-order chi connectivity index (χ1) is 14.0. The van der Waals surface area contributed by atoms with Gasteiger partial charge < -0.3 is 10.2 Å². The van der Waals surface area contributed by atoms with Gasteiger partial charge in [-0.25, -0.2) is 9.98 Å². The molecule has 0 fully saturated rings. The SMILES string of the molecule is CCNC(=NCc1cccc(-c2ncn[nH]2)c1)N(C)Cc1cn(C)nc1C(C)C. The summed E-state index contributed by atoms with van der Waals surface area (Å²) >= 11 is 0. The topological polar surface area (TPSA) is 87.0 Å². The summed E-state index contributed by atoms with van der Waals surface area (Å²) in [5, 5.41) is 14.8. The van der Waals surface area contributed by atoms with E-state index in [0.29, 0.717) is 12.5 Å². The Hall–Kier alpha value is -3.16. The fourth-order valence-electron chi connectivity index (χ4n) is 3.29. The molecular weight excluding hydrogens is 364 g/mol. The first-order valence-corrected chi connectivity index (χ1v) is 9.94. The highest BCUT2D eigenvalue weighted by atomic mass is 15.3. The predicted molar refractivity (Wildman–Crippen MR) is 115 cm³/mol. The van der Waals surface area contributed by atoms with Crippen molar-refractivity contribution in [3.05, 3.63) is 53.6 Å². The Bertz CT molecular complexity index is 940. The van der Waals surface area contributed by atoms with Crippen molar-refractivity contribution >= 4 is 5.96 Å². The number of nitrogens with one attached hydrogen (secondary N) is 2. The Labute approximate surface area is 172 Å². The van der Waals surface area contributed by atoms with E-state index < -0.39 is 0 Å². The average molecular weight is 395 g/mol. The van der Waals surface area contributed by atoms with Crippen LogP contribution in [0, 0.1) is 0 Å². The van der Waals surface area contributed by atoms with Crippen LogP contribution in [-0.4, -0.2) is 49.4 Å². The molecule has 0 aliphatic heterocycles. The van der Waals surface area contributed by atoms with Gasteiger partial charge in [-0.3, -0.25) is 9.78 Å². The lowest BCUT2D eigenvalue weighted by Crippen LogP contribution is -2.38. The van der Waals surface area contributed by atoms with E-state index in [1.54, 1.807) is 0 Å². The van der Waals surface area contributed by atoms with Gasteiger partial charge in [0.1, 0.15) is 6.33 Å². The molecule has 0 aliphatic rings. The van der Waals surface area contributed by atoms with Crippen molar-refractivity contribution in [2.45, 2.75) is 39.8 Å². The predicted octanol–water partition coefficient (Wildman–Crippen LogP) is 2.93. The third-order valence-corrected chi connectivity index (χ3v) is 4.61. The second-order valence-electron chi connectivity index (χ2n) is 7.43. The van der Waals surface area contributed by atoms with E-state index in [9.17, 15) is 0 Å². The monoisotopic (exact) mass is 394 g/mol. The van der Waals surface area contributed by atoms with Crippen molar-refractivity contribution in [3.63, 3.8) is 0 Å². The molecule has 2 heterocycles. The van der Waals surface area contributed by atoms with Crippen molar-refractivity contribution < 1.29 is 0 Å². The summed E-state index contributed by atoms with van der Waals surface area (Å²) in [5.74, 6) is 2.02. The normalized spacial score (nSPS) is 11.9. The van der Waals surface area contributed by atoms with E-state index in [1.807, 2.05) is 23.9 Å². The van der Waals surface area contributed by atoms with Crippen LogP contribution in [0.1, 0.15) is 43.5 Å². The highest BCUT2D eigenvalue weighted by molar-refractivity contribution is 5.79. The molecule has 3 aromatic rings. The molecule has 8 nitrogen and oxygen atoms in total. The molecule has 0 amide bonds. The third-order valence-electron chi connectivity index (χ3n) is 4.61. The van der Waals surface area contributed by atoms with Gasteiger partial charge in [0.2, 0.25) is 0 Å². The lowest BCUT2D eigenvalue weighted by Gasteiger charge is -2.22. The number of H-pyrrole nitrogens is 1. The second-order valence-corrected chi connectivity index (χ2v) is 7.43. The molecule has 29 heavy (non-hydrogen) atoms. The molecule has 0 saturated carbocycles. The number of aryl methyl sites for hydroxylation is 1. The Kier molecular flexibility index (Phi) is 6.64. The molecule has 2 N–H and O–H groups in total. The molecule has 0 saturated heterocycles. The molecule has 154 valence electrons. The molecule has 0 radical (unpaired) electrons. The van der Waals surface area contributed by atoms with Crippen LogP contribution < -0.4 is 5.32 Å². The van der Waals surface area contributed by atoms with Crippen LogP contribution in [0.2, 0.25) is 0 Å². The summed E-state index contributed by atoms with van der Waals surface area (Å²) in [5.41, 5.74) is 4.48. The Morgan fingerprint density at radius 2 is 2.17 bits per heavy atom. The van der Waals surface area contributed by atoms with Crippen molar-refractivity contribution in [1.29, 1.82) is 0 Å². The molecule has 2 aromatic heterocycles. The van der Waals surface area contributed by atoms with Crippen molar-refractivity contribution in [2.24, 2.45) is 12.0 Å². The summed E-state index contributed by atoms with van der Waals surface area (Å²) in [6.07, 6.45) is 3.61. The highest BCUT2D eigenvalue weighted by Crippen LogP contribution is 2.19. The van der Waals surface area contributed by atoms with E-state index >= 15 is 0 Å². The molecule has 0 bridgehead atoms. The summed E-state index contributed by atoms with van der Waals surface area (Å²) < 4.78 is 1.89. The zero-order valence-corrected chi connectivity index (χ0v) is 17.8. The number of hydrogen-bond acceptors (Lipinski definition) is 4. The quantitative estimate of drug-likeness (QED) is 0.475. The van der Waals surface area contributed by atoms with E-state index in [4.69, 9.17) is 4.99 Å². The first-order valence-electron chi connectivity index (χ1n) is 9.94. The van der Waals surface area contributed by atoms with Crippen LogP contribution in [0.5, 0.6) is 0 Å². The van der Waals surface area contributed by atoms with E-state index in [-0.39, 0.29) is 0 Å². The zero-order valence-electron chi connectivity index (χ0n) is 17.8. The van der Waals surface area contributed by atoms with Gasteiger partial charge in [-0.15, -0.1) is 0 Å². The number of rotatable bonds is 7. The molecule has 0 atom stereocenters. The average Bonchev–Trinajstić information content (AvgIpc) is 3.35. The van der Waals surface area contributed by atoms with E-state index in [2.05, 4.69) is 76.6 Å². The molecule has 0 aliphatic carbocycles. The lowest BCUT2D eigenvalue weighted by molar-refractivity contribution is 0.473. The fraction of sp³-hybridized carbons (Fsp3) is 0.429. The van der Waals surface area contributed by atoms with Crippen LogP contribution >= 0.6 is 0 Å². The molecule has 3 rings (SSSR count). The lowest BCUT2D eigenvalue weighted by atomic mass is 10.1. The minimum absolute atomic E-state index is 0.387. The summed E-state index contributed by atoms with van der Waals surface area (Å²) in [7, 11) is 4.03. The summed E-state index contributed by atoms with van der Waals surface area (Å²) in [6.45, 7) is 8.58. The molecule has 8 heteroatoms. The van der Waals surface area contributed by atoms with Crippen LogP contribution in [0.4, 0.5) is 0 Å². The molecule has 0 spiro atoms. The van der Waals surface area contributed by atoms with Gasteiger partial charge in [-0.1, -0.05) is 32.0 Å². The molecular formula is C21H30N8. The maximum Gasteiger partial charge on any atom is 0.194 e. The van der Waals surface area contributed by atoms with Crippen molar-refractivity contribution in [3.8, 4) is 11.4 Å². The maximum atomic E-state index is 4.84. The second kappa shape index (κ2) is 9.36. The summed E-state index contributed by atoms with van der Waals surface area (Å²) in [4.78, 5) is 11.2. The number of aromatic amines is 1. The van der Waals surface area contributed by atoms with Gasteiger partial charge in [-0.05, 0) is 24.5 Å². The highest BCUT2D eigenvalue weighted by Gasteiger charge is 2.15. The largest absolute Gasteiger partial charge is 0.357 e. The van der Waals surface area contributed by atoms with Gasteiger partial charge in [0.05, 0.1) is 12.2 Å². The van der Waals surface area contributed by atoms with Gasteiger partial charge in [0, 0.05) is 44.5 Å². The molecule has 0 unspecified atom stereocenters. The zero-order chi connectivity index (χ0) is 20.8. The van der Waals surface area contributed by atoms with Crippen LogP contribution in [0.15, 0.2) is 41.8 Å². The number of aromatic nitrogens is 5. The number of nitrogens with zero attached hydrogens (tertiary/aromatic N) is 6. The number of aliphatic imine (C=N–C) groups is 1. The minimum atomic E-state index is 0.387. The van der Waals surface area contributed by atoms with Gasteiger partial charge >= 0.3 is 0 Å². The van der Waals surface area contributed by atoms with Gasteiger partial charge in [0.15, 0.2) is 11.8 Å². The summed E-state index contributed by atoms with van der Waals surface area (Å²) in [6, 6.07) is 8.20. The molecule has 1 aromatic carbocycles. The van der Waals surface area contributed by atoms with Gasteiger partial charge in [0.25, 0.3) is 0 Å². The fourth-order valence-corrected chi connectivity index (χ4v) is 3.29. The third kappa shape index (κ3) is 5.22. The van der Waals surface area contributed by atoms with Gasteiger partial charge in [-0.2, -0.15) is 10.2 Å². The number of benzene rings is 1. The van der Waals surface area contributed by atoms with Crippen LogP contribution in [-0.2, 0) is 20.1 Å². The number of guanidine groups is 1. The Morgan fingerprint density at radius 3 is 2.86 bits per heavy atom. The van der Waals surface area contributed by atoms with E-state index in [1.165, 1.54) is 11.9 Å². The Morgan fingerprint density at radius 1 is 1.34 bits per heavy atom. The van der Waals surface area contributed by atoms with Crippen molar-refractivity contribution in [2.75, 3.05) is 13.6 Å². The number of hydrogen-bond donors (Lipinski definition) is 2. The van der Waals surface area contributed by atoms with Crippen LogP contribution in [0.25, 0.3) is 11.4 Å². The Balaban J connectivity index is 1.75. The maximum absolute atomic E-state index is 4.84. The van der Waals surface area contributed by atoms with E-state index in [0.717, 1.165) is 41.7 Å². The standard InChI is InChI=1S/C21H30N8/c1-6-22-21(28(4)12-18-13-29(5)27-19(18)15(2)3)23-11-16-8-7-9-17(10-16)20-24-14-25-26-20/h7-10,13-15H,6,11-12H2,1-5H3,(H,22,23)(H,24,25,26). The van der Waals surface area contributed by atoms with Crippen LogP contribution in [0.3, 0.4) is 0 Å². The minimum Gasteiger partial charge on any atom is -0.357 e. The van der Waals surface area contributed by atoms with Crippen molar-refractivity contribution in [1.82, 2.24) is 35.2 Å².